The van der Waals surface area contributed by atoms with Crippen molar-refractivity contribution in [1.82, 2.24) is 10.6 Å². The molecule has 1 rings (SSSR count). The van der Waals surface area contributed by atoms with Gasteiger partial charge in [0, 0.05) is 12.1 Å². The second-order valence-electron chi connectivity index (χ2n) is 4.02. The molecule has 19 heavy (non-hydrogen) atoms. The molecule has 0 saturated carbocycles. The number of carbonyl (C=O) groups is 2. The van der Waals surface area contributed by atoms with Gasteiger partial charge in [-0.25, -0.2) is 0 Å². The standard InChI is InChI=1S/C13H16Cl2N2O2/c1-2-3-6-16-12(18)8-17-13(19)9-4-5-10(14)11(15)7-9/h4-5,7H,2-3,6,8H2,1H3,(H,16,18)(H,17,19). The number of carbonyl (C=O) groups excluding carboxylic acids is 2. The SMILES string of the molecule is CCCCNC(=O)CNC(=O)c1ccc(Cl)c(Cl)c1. The quantitative estimate of drug-likeness (QED) is 0.794. The molecule has 0 spiro atoms. The summed E-state index contributed by atoms with van der Waals surface area (Å²) in [7, 11) is 0. The number of unbranched alkanes of at least 4 members (excludes halogenated alkanes) is 1. The molecular formula is C13H16Cl2N2O2. The predicted octanol–water partition coefficient (Wildman–Crippen LogP) is 2.64. The molecule has 0 bridgehead atoms. The van der Waals surface area contributed by atoms with Crippen LogP contribution in [0.5, 0.6) is 0 Å². The summed E-state index contributed by atoms with van der Waals surface area (Å²) in [6.07, 6.45) is 1.93. The van der Waals surface area contributed by atoms with Crippen LogP contribution in [0.25, 0.3) is 0 Å². The number of halogens is 2. The molecule has 0 aliphatic heterocycles. The minimum Gasteiger partial charge on any atom is -0.355 e. The average Bonchev–Trinajstić information content (AvgIpc) is 2.39. The van der Waals surface area contributed by atoms with Crippen molar-refractivity contribution in [3.05, 3.63) is 33.8 Å². The van der Waals surface area contributed by atoms with Crippen LogP contribution >= 0.6 is 23.2 Å². The molecule has 0 aromatic heterocycles. The molecule has 104 valence electrons. The van der Waals surface area contributed by atoms with Crippen LogP contribution in [0, 0.1) is 0 Å². The molecule has 0 aliphatic rings. The number of amides is 2. The Morgan fingerprint density at radius 2 is 1.89 bits per heavy atom. The first-order valence-electron chi connectivity index (χ1n) is 6.04. The van der Waals surface area contributed by atoms with E-state index in [0.717, 1.165) is 12.8 Å². The Morgan fingerprint density at radius 3 is 2.53 bits per heavy atom. The summed E-state index contributed by atoms with van der Waals surface area (Å²) < 4.78 is 0. The highest BCUT2D eigenvalue weighted by atomic mass is 35.5. The van der Waals surface area contributed by atoms with Crippen LogP contribution in [-0.2, 0) is 4.79 Å². The number of hydrogen-bond donors (Lipinski definition) is 2. The maximum absolute atomic E-state index is 11.7. The van der Waals surface area contributed by atoms with Gasteiger partial charge in [0.15, 0.2) is 0 Å². The van der Waals surface area contributed by atoms with Gasteiger partial charge in [-0.2, -0.15) is 0 Å². The van der Waals surface area contributed by atoms with Crippen molar-refractivity contribution in [2.75, 3.05) is 13.1 Å². The van der Waals surface area contributed by atoms with E-state index in [1.54, 1.807) is 12.1 Å². The minimum atomic E-state index is -0.357. The van der Waals surface area contributed by atoms with Gasteiger partial charge in [0.1, 0.15) is 0 Å². The summed E-state index contributed by atoms with van der Waals surface area (Å²) in [5.41, 5.74) is 0.371. The molecule has 0 fully saturated rings. The van der Waals surface area contributed by atoms with E-state index in [1.165, 1.54) is 6.07 Å². The van der Waals surface area contributed by atoms with E-state index < -0.39 is 0 Å². The Labute approximate surface area is 122 Å². The van der Waals surface area contributed by atoms with Crippen LogP contribution < -0.4 is 10.6 Å². The molecule has 6 heteroatoms. The zero-order valence-electron chi connectivity index (χ0n) is 10.6. The lowest BCUT2D eigenvalue weighted by molar-refractivity contribution is -0.120. The molecule has 1 aromatic carbocycles. The average molecular weight is 303 g/mol. The zero-order chi connectivity index (χ0) is 14.3. The Hall–Kier alpha value is -1.26. The lowest BCUT2D eigenvalue weighted by Gasteiger charge is -2.07. The third kappa shape index (κ3) is 5.49. The number of hydrogen-bond acceptors (Lipinski definition) is 2. The number of benzene rings is 1. The van der Waals surface area contributed by atoms with Crippen molar-refractivity contribution in [3.8, 4) is 0 Å². The zero-order valence-corrected chi connectivity index (χ0v) is 12.1. The second-order valence-corrected chi connectivity index (χ2v) is 4.83. The first-order valence-corrected chi connectivity index (χ1v) is 6.80. The van der Waals surface area contributed by atoms with E-state index in [1.807, 2.05) is 6.92 Å². The number of rotatable bonds is 6. The van der Waals surface area contributed by atoms with E-state index in [9.17, 15) is 9.59 Å². The Balaban J connectivity index is 2.42. The monoisotopic (exact) mass is 302 g/mol. The lowest BCUT2D eigenvalue weighted by Crippen LogP contribution is -2.37. The summed E-state index contributed by atoms with van der Waals surface area (Å²) in [5, 5.41) is 5.92. The van der Waals surface area contributed by atoms with Crippen molar-refractivity contribution in [2.24, 2.45) is 0 Å². The summed E-state index contributed by atoms with van der Waals surface area (Å²) in [6, 6.07) is 4.56. The maximum atomic E-state index is 11.7. The van der Waals surface area contributed by atoms with E-state index in [4.69, 9.17) is 23.2 Å². The highest BCUT2D eigenvalue weighted by molar-refractivity contribution is 6.42. The van der Waals surface area contributed by atoms with E-state index in [-0.39, 0.29) is 18.4 Å². The van der Waals surface area contributed by atoms with Gasteiger partial charge in [0.2, 0.25) is 5.91 Å². The second kappa shape index (κ2) is 8.02. The fourth-order valence-corrected chi connectivity index (χ4v) is 1.67. The molecule has 0 atom stereocenters. The van der Waals surface area contributed by atoms with Gasteiger partial charge in [-0.3, -0.25) is 9.59 Å². The third-order valence-corrected chi connectivity index (χ3v) is 3.18. The van der Waals surface area contributed by atoms with Gasteiger partial charge < -0.3 is 10.6 Å². The van der Waals surface area contributed by atoms with Crippen LogP contribution in [-0.4, -0.2) is 24.9 Å². The molecule has 0 aliphatic carbocycles. The van der Waals surface area contributed by atoms with Crippen LogP contribution in [0.15, 0.2) is 18.2 Å². The van der Waals surface area contributed by atoms with E-state index >= 15 is 0 Å². The van der Waals surface area contributed by atoms with Gasteiger partial charge in [-0.05, 0) is 24.6 Å². The highest BCUT2D eigenvalue weighted by Crippen LogP contribution is 2.22. The predicted molar refractivity (Wildman–Crippen MR) is 76.7 cm³/mol. The van der Waals surface area contributed by atoms with Gasteiger partial charge in [0.05, 0.1) is 16.6 Å². The van der Waals surface area contributed by atoms with Crippen LogP contribution in [0.3, 0.4) is 0 Å². The normalized spacial score (nSPS) is 10.1. The summed E-state index contributed by atoms with van der Waals surface area (Å²) in [4.78, 5) is 23.2. The van der Waals surface area contributed by atoms with Crippen molar-refractivity contribution < 1.29 is 9.59 Å². The first kappa shape index (κ1) is 15.8. The van der Waals surface area contributed by atoms with E-state index in [0.29, 0.717) is 22.2 Å². The smallest absolute Gasteiger partial charge is 0.251 e. The van der Waals surface area contributed by atoms with Crippen molar-refractivity contribution in [1.29, 1.82) is 0 Å². The molecule has 4 nitrogen and oxygen atoms in total. The maximum Gasteiger partial charge on any atom is 0.251 e. The van der Waals surface area contributed by atoms with Crippen LogP contribution in [0.2, 0.25) is 10.0 Å². The van der Waals surface area contributed by atoms with Gasteiger partial charge in [-0.1, -0.05) is 36.5 Å². The van der Waals surface area contributed by atoms with Crippen molar-refractivity contribution in [2.45, 2.75) is 19.8 Å². The van der Waals surface area contributed by atoms with Crippen molar-refractivity contribution >= 4 is 35.0 Å². The fourth-order valence-electron chi connectivity index (χ4n) is 1.37. The minimum absolute atomic E-state index is 0.0528. The Bertz CT molecular complexity index is 464. The Morgan fingerprint density at radius 1 is 1.16 bits per heavy atom. The molecule has 0 radical (unpaired) electrons. The summed E-state index contributed by atoms with van der Waals surface area (Å²) in [5.74, 6) is -0.564. The van der Waals surface area contributed by atoms with E-state index in [2.05, 4.69) is 10.6 Å². The van der Waals surface area contributed by atoms with Gasteiger partial charge in [0.25, 0.3) is 5.91 Å². The lowest BCUT2D eigenvalue weighted by atomic mass is 10.2. The van der Waals surface area contributed by atoms with Crippen molar-refractivity contribution in [3.63, 3.8) is 0 Å². The topological polar surface area (TPSA) is 58.2 Å². The molecule has 1 aromatic rings. The molecule has 0 saturated heterocycles. The molecule has 0 heterocycles. The summed E-state index contributed by atoms with van der Waals surface area (Å²) >= 11 is 11.6. The molecule has 0 unspecified atom stereocenters. The Kier molecular flexibility index (Phi) is 6.67. The molecular weight excluding hydrogens is 287 g/mol. The third-order valence-electron chi connectivity index (χ3n) is 2.44. The van der Waals surface area contributed by atoms with Gasteiger partial charge in [-0.15, -0.1) is 0 Å². The van der Waals surface area contributed by atoms with Crippen LogP contribution in [0.1, 0.15) is 30.1 Å². The fraction of sp³-hybridized carbons (Fsp3) is 0.385. The molecule has 2 N–H and O–H groups in total. The van der Waals surface area contributed by atoms with Crippen LogP contribution in [0.4, 0.5) is 0 Å². The van der Waals surface area contributed by atoms with Gasteiger partial charge >= 0.3 is 0 Å². The highest BCUT2D eigenvalue weighted by Gasteiger charge is 2.09. The number of nitrogens with one attached hydrogen (secondary N) is 2. The molecule has 2 amide bonds. The summed E-state index contributed by atoms with van der Waals surface area (Å²) in [6.45, 7) is 2.61. The first-order chi connectivity index (χ1) is 9.04. The largest absolute Gasteiger partial charge is 0.355 e.